The number of piperidine rings is 1. The van der Waals surface area contributed by atoms with Gasteiger partial charge in [-0.3, -0.25) is 4.99 Å². The van der Waals surface area contributed by atoms with E-state index in [-0.39, 0.29) is 11.5 Å². The van der Waals surface area contributed by atoms with Gasteiger partial charge >= 0.3 is 0 Å². The minimum Gasteiger partial charge on any atom is -0.507 e. The number of nitrogens with zero attached hydrogens (tertiary/aromatic N) is 2. The molecule has 4 nitrogen and oxygen atoms in total. The van der Waals surface area contributed by atoms with Crippen molar-refractivity contribution in [2.45, 2.75) is 83.8 Å². The number of aliphatic imine (C=N–C) groups is 1. The molecule has 1 heterocycles. The van der Waals surface area contributed by atoms with Crippen molar-refractivity contribution in [3.63, 3.8) is 0 Å². The molecule has 0 unspecified atom stereocenters. The highest BCUT2D eigenvalue weighted by Gasteiger charge is 2.46. The molecule has 1 N–H and O–H groups in total. The van der Waals surface area contributed by atoms with Gasteiger partial charge in [-0.25, -0.2) is 0 Å². The zero-order valence-corrected chi connectivity index (χ0v) is 16.1. The van der Waals surface area contributed by atoms with Crippen LogP contribution in [0.15, 0.2) is 23.2 Å². The predicted molar refractivity (Wildman–Crippen MR) is 98.1 cm³/mol. The molecule has 0 aliphatic carbocycles. The van der Waals surface area contributed by atoms with E-state index in [1.165, 1.54) is 5.06 Å². The van der Waals surface area contributed by atoms with Crippen LogP contribution >= 0.6 is 0 Å². The van der Waals surface area contributed by atoms with E-state index >= 15 is 0 Å². The van der Waals surface area contributed by atoms with Crippen LogP contribution in [0.3, 0.4) is 0 Å². The molecule has 0 bridgehead atoms. The maximum atomic E-state index is 12.4. The third kappa shape index (κ3) is 3.81. The Morgan fingerprint density at radius 3 is 2.21 bits per heavy atom. The Balaban J connectivity index is 2.26. The van der Waals surface area contributed by atoms with Gasteiger partial charge in [-0.2, -0.15) is 0 Å². The molecule has 0 aromatic heterocycles. The van der Waals surface area contributed by atoms with Crippen LogP contribution in [0.4, 0.5) is 0 Å². The Kier molecular flexibility index (Phi) is 4.86. The minimum absolute atomic E-state index is 0.0814. The average molecular weight is 331 g/mol. The smallest absolute Gasteiger partial charge is 0.128 e. The SMILES string of the molecule is CC(C)(C)c1cccc(C=NC2CC(C)(C)N([O])C(C)(C)C2)c1O. The topological polar surface area (TPSA) is 55.7 Å². The van der Waals surface area contributed by atoms with E-state index in [1.807, 2.05) is 45.9 Å². The molecule has 4 heteroatoms. The molecule has 0 atom stereocenters. The highest BCUT2D eigenvalue weighted by molar-refractivity contribution is 5.84. The molecule has 2 rings (SSSR count). The fraction of sp³-hybridized carbons (Fsp3) is 0.650. The number of benzene rings is 1. The van der Waals surface area contributed by atoms with Gasteiger partial charge in [-0.1, -0.05) is 32.9 Å². The summed E-state index contributed by atoms with van der Waals surface area (Å²) in [5, 5.41) is 24.2. The largest absolute Gasteiger partial charge is 0.507 e. The number of hydroxylamine groups is 2. The van der Waals surface area contributed by atoms with Crippen molar-refractivity contribution in [2.75, 3.05) is 0 Å². The van der Waals surface area contributed by atoms with Gasteiger partial charge < -0.3 is 5.11 Å². The van der Waals surface area contributed by atoms with Crippen LogP contribution in [0.5, 0.6) is 5.75 Å². The number of hydrogen-bond acceptors (Lipinski definition) is 3. The van der Waals surface area contributed by atoms with Crippen molar-refractivity contribution >= 4 is 6.21 Å². The quantitative estimate of drug-likeness (QED) is 0.813. The van der Waals surface area contributed by atoms with Gasteiger partial charge in [0, 0.05) is 22.9 Å². The molecule has 1 radical (unpaired) electrons. The summed E-state index contributed by atoms with van der Waals surface area (Å²) in [4.78, 5) is 4.71. The Labute approximate surface area is 146 Å². The average Bonchev–Trinajstić information content (AvgIpc) is 2.41. The number of phenols is 1. The minimum atomic E-state index is -0.431. The second kappa shape index (κ2) is 6.16. The van der Waals surface area contributed by atoms with Crippen LogP contribution < -0.4 is 0 Å². The summed E-state index contributed by atoms with van der Waals surface area (Å²) >= 11 is 0. The lowest BCUT2D eigenvalue weighted by molar-refractivity contribution is -0.288. The van der Waals surface area contributed by atoms with Crippen molar-refractivity contribution < 1.29 is 10.3 Å². The number of aromatic hydroxyl groups is 1. The maximum Gasteiger partial charge on any atom is 0.128 e. The monoisotopic (exact) mass is 331 g/mol. The molecule has 0 amide bonds. The molecule has 1 aromatic carbocycles. The van der Waals surface area contributed by atoms with E-state index in [2.05, 4.69) is 20.8 Å². The van der Waals surface area contributed by atoms with Crippen molar-refractivity contribution in [1.82, 2.24) is 5.06 Å². The zero-order valence-electron chi connectivity index (χ0n) is 16.1. The molecule has 1 aromatic rings. The highest BCUT2D eigenvalue weighted by atomic mass is 16.5. The second-order valence-electron chi connectivity index (χ2n) is 9.25. The first-order valence-electron chi connectivity index (χ1n) is 8.68. The Hall–Kier alpha value is -1.39. The predicted octanol–water partition coefficient (Wildman–Crippen LogP) is 4.48. The standard InChI is InChI=1S/C20H31N2O2/c1-18(2,3)16-10-8-9-14(17(16)23)13-21-15-11-19(4,5)22(24)20(6,7)12-15/h8-10,13,15,23H,11-12H2,1-7H3. The molecule has 0 saturated carbocycles. The number of rotatable bonds is 2. The lowest BCUT2D eigenvalue weighted by Gasteiger charge is -2.48. The molecule has 133 valence electrons. The van der Waals surface area contributed by atoms with Crippen molar-refractivity contribution in [3.8, 4) is 5.75 Å². The van der Waals surface area contributed by atoms with Crippen molar-refractivity contribution in [2.24, 2.45) is 4.99 Å². The molecule has 24 heavy (non-hydrogen) atoms. The van der Waals surface area contributed by atoms with Gasteiger partial charge in [-0.15, -0.1) is 10.3 Å². The number of hydrogen-bond donors (Lipinski definition) is 1. The Morgan fingerprint density at radius 2 is 1.71 bits per heavy atom. The van der Waals surface area contributed by atoms with Gasteiger partial charge in [-0.05, 0) is 57.6 Å². The van der Waals surface area contributed by atoms with E-state index in [9.17, 15) is 10.3 Å². The van der Waals surface area contributed by atoms with Gasteiger partial charge in [0.15, 0.2) is 0 Å². The van der Waals surface area contributed by atoms with E-state index in [0.717, 1.165) is 24.0 Å². The van der Waals surface area contributed by atoms with Crippen LogP contribution in [0.2, 0.25) is 0 Å². The van der Waals surface area contributed by atoms with Crippen LogP contribution in [0, 0.1) is 0 Å². The maximum absolute atomic E-state index is 12.4. The molecular weight excluding hydrogens is 300 g/mol. The van der Waals surface area contributed by atoms with E-state index in [1.54, 1.807) is 6.21 Å². The molecule has 1 saturated heterocycles. The van der Waals surface area contributed by atoms with E-state index in [0.29, 0.717) is 5.75 Å². The first-order valence-corrected chi connectivity index (χ1v) is 8.68. The van der Waals surface area contributed by atoms with Gasteiger partial charge in [0.1, 0.15) is 5.75 Å². The van der Waals surface area contributed by atoms with Crippen LogP contribution in [-0.2, 0) is 10.6 Å². The summed E-state index contributed by atoms with van der Waals surface area (Å²) in [6.07, 6.45) is 3.20. The number of phenolic OH excluding ortho intramolecular Hbond substituents is 1. The van der Waals surface area contributed by atoms with Gasteiger partial charge in [0.05, 0.1) is 6.04 Å². The lowest BCUT2D eigenvalue weighted by atomic mass is 9.79. The molecule has 0 spiro atoms. The van der Waals surface area contributed by atoms with E-state index < -0.39 is 11.1 Å². The summed E-state index contributed by atoms with van der Waals surface area (Å²) in [6, 6.07) is 5.87. The second-order valence-corrected chi connectivity index (χ2v) is 9.25. The summed E-state index contributed by atoms with van der Waals surface area (Å²) in [6.45, 7) is 14.1. The molecule has 1 fully saturated rings. The fourth-order valence-corrected chi connectivity index (χ4v) is 3.77. The fourth-order valence-electron chi connectivity index (χ4n) is 3.77. The number of para-hydroxylation sites is 1. The third-order valence-electron chi connectivity index (χ3n) is 4.87. The molecule has 1 aliphatic rings. The van der Waals surface area contributed by atoms with Crippen LogP contribution in [0.25, 0.3) is 0 Å². The summed E-state index contributed by atoms with van der Waals surface area (Å²) in [7, 11) is 0. The normalized spacial score (nSPS) is 22.2. The third-order valence-corrected chi connectivity index (χ3v) is 4.87. The summed E-state index contributed by atoms with van der Waals surface area (Å²) in [5.41, 5.74) is 0.674. The zero-order chi connectivity index (χ0) is 18.3. The molecule has 1 aliphatic heterocycles. The Bertz CT molecular complexity index is 609. The molecular formula is C20H31N2O2. The van der Waals surface area contributed by atoms with Gasteiger partial charge in [0.25, 0.3) is 0 Å². The summed E-state index contributed by atoms with van der Waals surface area (Å²) < 4.78 is 0. The van der Waals surface area contributed by atoms with Gasteiger partial charge in [0.2, 0.25) is 0 Å². The van der Waals surface area contributed by atoms with E-state index in [4.69, 9.17) is 4.99 Å². The first-order chi connectivity index (χ1) is 10.8. The van der Waals surface area contributed by atoms with Crippen LogP contribution in [0.1, 0.15) is 72.4 Å². The summed E-state index contributed by atoms with van der Waals surface area (Å²) in [5.74, 6) is 0.300. The highest BCUT2D eigenvalue weighted by Crippen LogP contribution is 2.38. The Morgan fingerprint density at radius 1 is 1.17 bits per heavy atom. The first kappa shape index (κ1) is 18.9. The lowest BCUT2D eigenvalue weighted by Crippen LogP contribution is -2.59. The van der Waals surface area contributed by atoms with Crippen molar-refractivity contribution in [1.29, 1.82) is 0 Å². The van der Waals surface area contributed by atoms with Crippen molar-refractivity contribution in [3.05, 3.63) is 29.3 Å². The van der Waals surface area contributed by atoms with Crippen LogP contribution in [-0.4, -0.2) is 33.5 Å².